The van der Waals surface area contributed by atoms with Gasteiger partial charge in [0.05, 0.1) is 25.9 Å². The third-order valence-electron chi connectivity index (χ3n) is 3.42. The highest BCUT2D eigenvalue weighted by molar-refractivity contribution is 5.29. The van der Waals surface area contributed by atoms with Gasteiger partial charge in [-0.05, 0) is 43.4 Å². The van der Waals surface area contributed by atoms with Gasteiger partial charge in [0.15, 0.2) is 6.29 Å². The number of hydrogen-bond acceptors (Lipinski definition) is 4. The lowest BCUT2D eigenvalue weighted by Gasteiger charge is -2.12. The highest BCUT2D eigenvalue weighted by atomic mass is 16.7. The zero-order chi connectivity index (χ0) is 14.2. The van der Waals surface area contributed by atoms with Crippen LogP contribution in [0.25, 0.3) is 0 Å². The Balaban J connectivity index is 1.65. The predicted molar refractivity (Wildman–Crippen MR) is 76.7 cm³/mol. The maximum atomic E-state index is 9.80. The van der Waals surface area contributed by atoms with Crippen LogP contribution >= 0.6 is 0 Å². The van der Waals surface area contributed by atoms with Crippen LogP contribution < -0.4 is 4.74 Å². The Labute approximate surface area is 120 Å². The molecule has 0 amide bonds. The minimum Gasteiger partial charge on any atom is -0.494 e. The summed E-state index contributed by atoms with van der Waals surface area (Å²) in [6.07, 6.45) is 3.22. The predicted octanol–water partition coefficient (Wildman–Crippen LogP) is 3.05. The Kier molecular flexibility index (Phi) is 6.30. The smallest absolute Gasteiger partial charge is 0.157 e. The summed E-state index contributed by atoms with van der Waals surface area (Å²) < 4.78 is 16.5. The van der Waals surface area contributed by atoms with Gasteiger partial charge in [-0.2, -0.15) is 0 Å². The van der Waals surface area contributed by atoms with Gasteiger partial charge in [0.1, 0.15) is 5.75 Å². The van der Waals surface area contributed by atoms with E-state index in [-0.39, 0.29) is 6.29 Å². The van der Waals surface area contributed by atoms with E-state index < -0.39 is 6.10 Å². The van der Waals surface area contributed by atoms with Crippen molar-refractivity contribution in [2.75, 3.05) is 19.8 Å². The second-order valence-electron chi connectivity index (χ2n) is 5.01. The number of unbranched alkanes of at least 4 members (excludes halogenated alkanes) is 1. The minimum absolute atomic E-state index is 0.0157. The monoisotopic (exact) mass is 280 g/mol. The van der Waals surface area contributed by atoms with Crippen molar-refractivity contribution < 1.29 is 19.3 Å². The average molecular weight is 280 g/mol. The Morgan fingerprint density at radius 2 is 2.10 bits per heavy atom. The van der Waals surface area contributed by atoms with E-state index in [1.54, 1.807) is 0 Å². The molecule has 1 N–H and O–H groups in total. The quantitative estimate of drug-likeness (QED) is 0.744. The van der Waals surface area contributed by atoms with Crippen LogP contribution in [0.15, 0.2) is 24.3 Å². The zero-order valence-corrected chi connectivity index (χ0v) is 12.1. The minimum atomic E-state index is -0.407. The SMILES string of the molecule is CCC(O)c1cccc(OCCCCC2OCCO2)c1. The van der Waals surface area contributed by atoms with E-state index in [0.717, 1.165) is 30.6 Å². The van der Waals surface area contributed by atoms with Crippen LogP contribution in [0.3, 0.4) is 0 Å². The van der Waals surface area contributed by atoms with Crippen molar-refractivity contribution in [2.24, 2.45) is 0 Å². The first kappa shape index (κ1) is 15.3. The van der Waals surface area contributed by atoms with E-state index in [2.05, 4.69) is 0 Å². The summed E-state index contributed by atoms with van der Waals surface area (Å²) in [7, 11) is 0. The largest absolute Gasteiger partial charge is 0.494 e. The molecular weight excluding hydrogens is 256 g/mol. The van der Waals surface area contributed by atoms with Crippen LogP contribution in [0.5, 0.6) is 5.75 Å². The van der Waals surface area contributed by atoms with Gasteiger partial charge in [-0.15, -0.1) is 0 Å². The summed E-state index contributed by atoms with van der Waals surface area (Å²) in [5, 5.41) is 9.80. The molecule has 1 heterocycles. The number of benzene rings is 1. The molecule has 1 saturated heterocycles. The molecule has 1 fully saturated rings. The van der Waals surface area contributed by atoms with Crippen molar-refractivity contribution in [3.8, 4) is 5.75 Å². The summed E-state index contributed by atoms with van der Waals surface area (Å²) in [6, 6.07) is 7.69. The van der Waals surface area contributed by atoms with E-state index in [0.29, 0.717) is 26.2 Å². The summed E-state index contributed by atoms with van der Waals surface area (Å²) in [6.45, 7) is 4.07. The van der Waals surface area contributed by atoms with Gasteiger partial charge in [-0.1, -0.05) is 19.1 Å². The molecule has 0 aliphatic carbocycles. The molecule has 1 aromatic carbocycles. The first-order valence-electron chi connectivity index (χ1n) is 7.43. The zero-order valence-electron chi connectivity index (χ0n) is 12.1. The molecule has 1 aliphatic rings. The van der Waals surface area contributed by atoms with Crippen molar-refractivity contribution in [1.82, 2.24) is 0 Å². The summed E-state index contributed by atoms with van der Waals surface area (Å²) in [5.41, 5.74) is 0.915. The maximum Gasteiger partial charge on any atom is 0.157 e. The lowest BCUT2D eigenvalue weighted by molar-refractivity contribution is -0.0482. The normalized spacial score (nSPS) is 17.3. The van der Waals surface area contributed by atoms with E-state index >= 15 is 0 Å². The fourth-order valence-corrected chi connectivity index (χ4v) is 2.22. The van der Waals surface area contributed by atoms with Gasteiger partial charge in [-0.25, -0.2) is 0 Å². The van der Waals surface area contributed by atoms with Crippen molar-refractivity contribution in [1.29, 1.82) is 0 Å². The van der Waals surface area contributed by atoms with E-state index in [1.807, 2.05) is 31.2 Å². The van der Waals surface area contributed by atoms with Gasteiger partial charge in [0.2, 0.25) is 0 Å². The third kappa shape index (κ3) is 4.78. The summed E-state index contributed by atoms with van der Waals surface area (Å²) >= 11 is 0. The molecule has 0 saturated carbocycles. The van der Waals surface area contributed by atoms with Crippen LogP contribution in [0.2, 0.25) is 0 Å². The van der Waals surface area contributed by atoms with Gasteiger partial charge in [-0.3, -0.25) is 0 Å². The number of rotatable bonds is 8. The second kappa shape index (κ2) is 8.25. The molecule has 1 unspecified atom stereocenters. The Morgan fingerprint density at radius 1 is 1.30 bits per heavy atom. The molecule has 0 radical (unpaired) electrons. The molecule has 0 bridgehead atoms. The number of aliphatic hydroxyl groups excluding tert-OH is 1. The first-order chi connectivity index (χ1) is 9.79. The molecule has 20 heavy (non-hydrogen) atoms. The van der Waals surface area contributed by atoms with Gasteiger partial charge in [0.25, 0.3) is 0 Å². The van der Waals surface area contributed by atoms with Crippen LogP contribution in [-0.4, -0.2) is 31.2 Å². The number of aliphatic hydroxyl groups is 1. The topological polar surface area (TPSA) is 47.9 Å². The highest BCUT2D eigenvalue weighted by Gasteiger charge is 2.14. The Morgan fingerprint density at radius 3 is 2.85 bits per heavy atom. The lowest BCUT2D eigenvalue weighted by atomic mass is 10.1. The van der Waals surface area contributed by atoms with Crippen molar-refractivity contribution in [3.05, 3.63) is 29.8 Å². The van der Waals surface area contributed by atoms with Crippen LogP contribution in [-0.2, 0) is 9.47 Å². The molecule has 1 aliphatic heterocycles. The van der Waals surface area contributed by atoms with Gasteiger partial charge < -0.3 is 19.3 Å². The number of hydrogen-bond donors (Lipinski definition) is 1. The molecule has 0 aromatic heterocycles. The van der Waals surface area contributed by atoms with E-state index in [9.17, 15) is 5.11 Å². The summed E-state index contributed by atoms with van der Waals surface area (Å²) in [5.74, 6) is 0.823. The fourth-order valence-electron chi connectivity index (χ4n) is 2.22. The van der Waals surface area contributed by atoms with E-state index in [4.69, 9.17) is 14.2 Å². The van der Waals surface area contributed by atoms with Crippen LogP contribution in [0.1, 0.15) is 44.3 Å². The first-order valence-corrected chi connectivity index (χ1v) is 7.43. The van der Waals surface area contributed by atoms with Gasteiger partial charge in [0, 0.05) is 0 Å². The van der Waals surface area contributed by atoms with Crippen molar-refractivity contribution in [2.45, 2.75) is 45.0 Å². The standard InChI is InChI=1S/C16H24O4/c1-2-15(17)13-6-5-7-14(12-13)18-9-4-3-8-16-19-10-11-20-16/h5-7,12,15-17H,2-4,8-11H2,1H3. The Bertz CT molecular complexity index is 388. The third-order valence-corrected chi connectivity index (χ3v) is 3.42. The number of ether oxygens (including phenoxy) is 3. The molecule has 4 heteroatoms. The second-order valence-corrected chi connectivity index (χ2v) is 5.01. The van der Waals surface area contributed by atoms with E-state index in [1.165, 1.54) is 0 Å². The molecule has 1 atom stereocenters. The summed E-state index contributed by atoms with van der Waals surface area (Å²) in [4.78, 5) is 0. The maximum absolute atomic E-state index is 9.80. The molecule has 1 aromatic rings. The molecule has 112 valence electrons. The van der Waals surface area contributed by atoms with Crippen LogP contribution in [0, 0.1) is 0 Å². The molecule has 4 nitrogen and oxygen atoms in total. The van der Waals surface area contributed by atoms with Gasteiger partial charge >= 0.3 is 0 Å². The molecular formula is C16H24O4. The fraction of sp³-hybridized carbons (Fsp3) is 0.625. The lowest BCUT2D eigenvalue weighted by Crippen LogP contribution is -2.08. The van der Waals surface area contributed by atoms with Crippen molar-refractivity contribution >= 4 is 0 Å². The Hall–Kier alpha value is -1.10. The average Bonchev–Trinajstić information content (AvgIpc) is 2.99. The molecule has 0 spiro atoms. The van der Waals surface area contributed by atoms with Crippen molar-refractivity contribution in [3.63, 3.8) is 0 Å². The highest BCUT2D eigenvalue weighted by Crippen LogP contribution is 2.21. The van der Waals surface area contributed by atoms with Crippen LogP contribution in [0.4, 0.5) is 0 Å². The molecule has 2 rings (SSSR count).